The Morgan fingerprint density at radius 1 is 1.41 bits per heavy atom. The van der Waals surface area contributed by atoms with Crippen LogP contribution in [0, 0.1) is 17.0 Å². The van der Waals surface area contributed by atoms with Crippen molar-refractivity contribution in [2.75, 3.05) is 0 Å². The molecular formula is C12H14BrF2NO. The van der Waals surface area contributed by atoms with Crippen molar-refractivity contribution in [2.24, 2.45) is 11.1 Å². The van der Waals surface area contributed by atoms with Crippen LogP contribution in [0.2, 0.25) is 0 Å². The van der Waals surface area contributed by atoms with E-state index in [1.54, 1.807) is 0 Å². The smallest absolute Gasteiger partial charge is 0.169 e. The summed E-state index contributed by atoms with van der Waals surface area (Å²) >= 11 is 3.10. The third-order valence-electron chi connectivity index (χ3n) is 3.48. The van der Waals surface area contributed by atoms with Crippen LogP contribution >= 0.6 is 15.9 Å². The number of halogens is 3. The molecule has 0 radical (unpaired) electrons. The Hall–Kier alpha value is -0.680. The maximum atomic E-state index is 13.6. The predicted octanol–water partition coefficient (Wildman–Crippen LogP) is 3.23. The summed E-state index contributed by atoms with van der Waals surface area (Å²) in [6.07, 6.45) is 0.532. The van der Waals surface area contributed by atoms with Crippen molar-refractivity contribution in [3.05, 3.63) is 28.2 Å². The number of benzene rings is 1. The van der Waals surface area contributed by atoms with Gasteiger partial charge in [-0.2, -0.15) is 0 Å². The molecule has 0 aliphatic heterocycles. The molecule has 1 aromatic carbocycles. The van der Waals surface area contributed by atoms with Crippen LogP contribution in [0.25, 0.3) is 0 Å². The SMILES string of the molecule is CC1(C)C(N)CC1Oc1c(F)cc(F)cc1Br. The van der Waals surface area contributed by atoms with Gasteiger partial charge in [0, 0.05) is 23.9 Å². The molecule has 0 heterocycles. The fourth-order valence-corrected chi connectivity index (χ4v) is 2.40. The molecule has 5 heteroatoms. The molecule has 0 amide bonds. The lowest BCUT2D eigenvalue weighted by Crippen LogP contribution is -2.60. The van der Waals surface area contributed by atoms with Gasteiger partial charge in [0.1, 0.15) is 11.9 Å². The average molecular weight is 306 g/mol. The molecule has 94 valence electrons. The van der Waals surface area contributed by atoms with Gasteiger partial charge in [0.15, 0.2) is 11.6 Å². The normalized spacial score (nSPS) is 26.5. The third-order valence-corrected chi connectivity index (χ3v) is 4.07. The molecule has 0 bridgehead atoms. The van der Waals surface area contributed by atoms with Gasteiger partial charge in [-0.1, -0.05) is 13.8 Å². The van der Waals surface area contributed by atoms with Crippen molar-refractivity contribution in [3.8, 4) is 5.75 Å². The molecule has 1 aliphatic carbocycles. The van der Waals surface area contributed by atoms with E-state index in [1.807, 2.05) is 13.8 Å². The molecule has 2 atom stereocenters. The largest absolute Gasteiger partial charge is 0.485 e. The second kappa shape index (κ2) is 4.21. The average Bonchev–Trinajstić information content (AvgIpc) is 2.21. The third kappa shape index (κ3) is 2.18. The fraction of sp³-hybridized carbons (Fsp3) is 0.500. The van der Waals surface area contributed by atoms with Gasteiger partial charge in [-0.05, 0) is 22.0 Å². The van der Waals surface area contributed by atoms with Gasteiger partial charge in [-0.15, -0.1) is 0 Å². The van der Waals surface area contributed by atoms with Crippen LogP contribution in [0.4, 0.5) is 8.78 Å². The van der Waals surface area contributed by atoms with E-state index in [9.17, 15) is 8.78 Å². The molecule has 0 saturated heterocycles. The van der Waals surface area contributed by atoms with Crippen molar-refractivity contribution in [1.29, 1.82) is 0 Å². The lowest BCUT2D eigenvalue weighted by Gasteiger charge is -2.49. The number of ether oxygens (including phenoxy) is 1. The second-order valence-electron chi connectivity index (χ2n) is 4.97. The monoisotopic (exact) mass is 305 g/mol. The molecule has 2 nitrogen and oxygen atoms in total. The first-order chi connectivity index (χ1) is 7.82. The van der Waals surface area contributed by atoms with Gasteiger partial charge in [0.2, 0.25) is 0 Å². The number of hydrogen-bond donors (Lipinski definition) is 1. The molecule has 0 aromatic heterocycles. The quantitative estimate of drug-likeness (QED) is 0.910. The molecule has 2 N–H and O–H groups in total. The van der Waals surface area contributed by atoms with Crippen LogP contribution in [0.5, 0.6) is 5.75 Å². The molecular weight excluding hydrogens is 292 g/mol. The Morgan fingerprint density at radius 3 is 2.53 bits per heavy atom. The van der Waals surface area contributed by atoms with Crippen LogP contribution in [-0.4, -0.2) is 12.1 Å². The van der Waals surface area contributed by atoms with Crippen LogP contribution in [0.3, 0.4) is 0 Å². The summed E-state index contributed by atoms with van der Waals surface area (Å²) < 4.78 is 32.3. The van der Waals surface area contributed by atoms with Gasteiger partial charge >= 0.3 is 0 Å². The van der Waals surface area contributed by atoms with Crippen molar-refractivity contribution >= 4 is 15.9 Å². The molecule has 0 spiro atoms. The van der Waals surface area contributed by atoms with Gasteiger partial charge < -0.3 is 10.5 Å². The highest BCUT2D eigenvalue weighted by Crippen LogP contribution is 2.43. The Morgan fingerprint density at radius 2 is 2.06 bits per heavy atom. The summed E-state index contributed by atoms with van der Waals surface area (Å²) in [5.74, 6) is -1.28. The summed E-state index contributed by atoms with van der Waals surface area (Å²) in [5.41, 5.74) is 5.66. The van der Waals surface area contributed by atoms with Crippen LogP contribution in [0.15, 0.2) is 16.6 Å². The van der Waals surface area contributed by atoms with Gasteiger partial charge in [0.25, 0.3) is 0 Å². The molecule has 1 aromatic rings. The van der Waals surface area contributed by atoms with E-state index in [-0.39, 0.29) is 27.8 Å². The molecule has 17 heavy (non-hydrogen) atoms. The molecule has 1 saturated carbocycles. The highest BCUT2D eigenvalue weighted by molar-refractivity contribution is 9.10. The maximum absolute atomic E-state index is 13.6. The standard InChI is InChI=1S/C12H14BrF2NO/c1-12(2)9(16)5-10(12)17-11-7(13)3-6(14)4-8(11)15/h3-4,9-10H,5,16H2,1-2H3. The minimum Gasteiger partial charge on any atom is -0.485 e. The first-order valence-corrected chi connectivity index (χ1v) is 6.18. The van der Waals surface area contributed by atoms with E-state index in [0.717, 1.165) is 6.07 Å². The van der Waals surface area contributed by atoms with E-state index in [4.69, 9.17) is 10.5 Å². The fourth-order valence-electron chi connectivity index (χ4n) is 1.90. The molecule has 2 unspecified atom stereocenters. The van der Waals surface area contributed by atoms with Crippen molar-refractivity contribution in [3.63, 3.8) is 0 Å². The zero-order valence-corrected chi connectivity index (χ0v) is 11.2. The lowest BCUT2D eigenvalue weighted by atomic mass is 9.65. The summed E-state index contributed by atoms with van der Waals surface area (Å²) in [6, 6.07) is 2.05. The lowest BCUT2D eigenvalue weighted by molar-refractivity contribution is -0.0423. The summed E-state index contributed by atoms with van der Waals surface area (Å²) in [4.78, 5) is 0. The van der Waals surface area contributed by atoms with Crippen molar-refractivity contribution in [1.82, 2.24) is 0 Å². The van der Waals surface area contributed by atoms with Crippen molar-refractivity contribution < 1.29 is 13.5 Å². The van der Waals surface area contributed by atoms with Crippen molar-refractivity contribution in [2.45, 2.75) is 32.4 Å². The van der Waals surface area contributed by atoms with E-state index in [1.165, 1.54) is 6.07 Å². The number of rotatable bonds is 2. The molecule has 1 fully saturated rings. The summed E-state index contributed by atoms with van der Waals surface area (Å²) in [5, 5.41) is 0. The molecule has 2 rings (SSSR count). The van der Waals surface area contributed by atoms with E-state index in [0.29, 0.717) is 6.42 Å². The minimum absolute atomic E-state index is 0.0507. The minimum atomic E-state index is -0.701. The van der Waals surface area contributed by atoms with Crippen LogP contribution in [0.1, 0.15) is 20.3 Å². The first-order valence-electron chi connectivity index (χ1n) is 5.39. The molecule has 1 aliphatic rings. The van der Waals surface area contributed by atoms with Crippen LogP contribution < -0.4 is 10.5 Å². The van der Waals surface area contributed by atoms with E-state index in [2.05, 4.69) is 15.9 Å². The number of hydrogen-bond acceptors (Lipinski definition) is 2. The zero-order valence-electron chi connectivity index (χ0n) is 9.64. The van der Waals surface area contributed by atoms with Gasteiger partial charge in [0.05, 0.1) is 4.47 Å². The maximum Gasteiger partial charge on any atom is 0.169 e. The first kappa shape index (κ1) is 12.8. The Balaban J connectivity index is 2.21. The Kier molecular flexibility index (Phi) is 3.16. The van der Waals surface area contributed by atoms with Gasteiger partial charge in [-0.3, -0.25) is 0 Å². The summed E-state index contributed by atoms with van der Waals surface area (Å²) in [7, 11) is 0. The topological polar surface area (TPSA) is 35.2 Å². The highest BCUT2D eigenvalue weighted by atomic mass is 79.9. The highest BCUT2D eigenvalue weighted by Gasteiger charge is 2.48. The predicted molar refractivity (Wildman–Crippen MR) is 64.8 cm³/mol. The Bertz CT molecular complexity index is 427. The number of nitrogens with two attached hydrogens (primary N) is 1. The van der Waals surface area contributed by atoms with E-state index >= 15 is 0 Å². The summed E-state index contributed by atoms with van der Waals surface area (Å²) in [6.45, 7) is 3.95. The van der Waals surface area contributed by atoms with E-state index < -0.39 is 11.6 Å². The van der Waals surface area contributed by atoms with Gasteiger partial charge in [-0.25, -0.2) is 8.78 Å². The zero-order chi connectivity index (χ0) is 12.8. The second-order valence-corrected chi connectivity index (χ2v) is 5.82. The Labute approximate surface area is 107 Å². The van der Waals surface area contributed by atoms with Crippen LogP contribution in [-0.2, 0) is 0 Å².